The van der Waals surface area contributed by atoms with Crippen molar-refractivity contribution in [3.05, 3.63) is 70.2 Å². The summed E-state index contributed by atoms with van der Waals surface area (Å²) in [5.41, 5.74) is 4.48. The molecule has 0 atom stereocenters. The van der Waals surface area contributed by atoms with E-state index >= 15 is 0 Å². The molecule has 1 N–H and O–H groups in total. The number of piperidine rings is 1. The van der Waals surface area contributed by atoms with Crippen molar-refractivity contribution in [2.75, 3.05) is 13.1 Å². The highest BCUT2D eigenvalue weighted by Gasteiger charge is 2.33. The second kappa shape index (κ2) is 9.75. The smallest absolute Gasteiger partial charge is 0.243 e. The molecule has 3 aromatic rings. The van der Waals surface area contributed by atoms with Gasteiger partial charge in [0.25, 0.3) is 0 Å². The van der Waals surface area contributed by atoms with Gasteiger partial charge in [-0.3, -0.25) is 4.79 Å². The molecule has 1 amide bonds. The number of hydrogen-bond acceptors (Lipinski definition) is 5. The molecule has 1 fully saturated rings. The van der Waals surface area contributed by atoms with E-state index in [4.69, 9.17) is 0 Å². The summed E-state index contributed by atoms with van der Waals surface area (Å²) < 4.78 is 28.1. The summed E-state index contributed by atoms with van der Waals surface area (Å²) >= 11 is 1.56. The predicted octanol–water partition coefficient (Wildman–Crippen LogP) is 4.45. The standard InChI is InChI=1S/C25H29N3O3S2/c1-17-13-18(2)23(19(3)14-17)33(30,31)28-11-9-20(10-12-28)24(29)26-15-22-16-32-25(27-22)21-7-5-4-6-8-21/h4-8,13-14,16,20H,9-12,15H2,1-3H3,(H,26,29). The van der Waals surface area contributed by atoms with Crippen molar-refractivity contribution in [1.82, 2.24) is 14.6 Å². The number of amides is 1. The molecule has 1 aromatic heterocycles. The number of carbonyl (C=O) groups excluding carboxylic acids is 1. The van der Waals surface area contributed by atoms with Crippen LogP contribution in [0.15, 0.2) is 52.7 Å². The Morgan fingerprint density at radius 2 is 1.73 bits per heavy atom. The van der Waals surface area contributed by atoms with Crippen LogP contribution in [0.2, 0.25) is 0 Å². The van der Waals surface area contributed by atoms with Crippen LogP contribution in [0.25, 0.3) is 10.6 Å². The first-order valence-corrected chi connectivity index (χ1v) is 13.4. The zero-order valence-electron chi connectivity index (χ0n) is 19.2. The lowest BCUT2D eigenvalue weighted by molar-refractivity contribution is -0.126. The Hall–Kier alpha value is -2.55. The largest absolute Gasteiger partial charge is 0.350 e. The highest BCUT2D eigenvalue weighted by Crippen LogP contribution is 2.29. The lowest BCUT2D eigenvalue weighted by Crippen LogP contribution is -2.43. The normalized spacial score (nSPS) is 15.5. The number of aryl methyl sites for hydroxylation is 3. The maximum absolute atomic E-state index is 13.3. The number of sulfonamides is 1. The van der Waals surface area contributed by atoms with Crippen LogP contribution in [-0.2, 0) is 21.4 Å². The Morgan fingerprint density at radius 1 is 1.09 bits per heavy atom. The summed E-state index contributed by atoms with van der Waals surface area (Å²) in [6, 6.07) is 13.8. The molecule has 6 nitrogen and oxygen atoms in total. The van der Waals surface area contributed by atoms with Crippen molar-refractivity contribution >= 4 is 27.3 Å². The van der Waals surface area contributed by atoms with Gasteiger partial charge in [0.15, 0.2) is 0 Å². The van der Waals surface area contributed by atoms with E-state index in [1.165, 1.54) is 4.31 Å². The number of benzene rings is 2. The SMILES string of the molecule is Cc1cc(C)c(S(=O)(=O)N2CCC(C(=O)NCc3csc(-c4ccccc4)n3)CC2)c(C)c1. The first-order chi connectivity index (χ1) is 15.8. The first kappa shape index (κ1) is 23.6. The zero-order valence-corrected chi connectivity index (χ0v) is 20.8. The maximum atomic E-state index is 13.3. The number of hydrogen-bond donors (Lipinski definition) is 1. The number of aromatic nitrogens is 1. The molecule has 0 spiro atoms. The van der Waals surface area contributed by atoms with Crippen molar-refractivity contribution in [3.63, 3.8) is 0 Å². The number of thiazole rings is 1. The minimum absolute atomic E-state index is 0.0380. The molecule has 2 aromatic carbocycles. The van der Waals surface area contributed by atoms with E-state index in [0.717, 1.165) is 33.0 Å². The van der Waals surface area contributed by atoms with Gasteiger partial charge in [-0.05, 0) is 44.7 Å². The third-order valence-electron chi connectivity index (χ3n) is 6.04. The van der Waals surface area contributed by atoms with E-state index in [1.807, 2.05) is 68.6 Å². The molecule has 0 bridgehead atoms. The summed E-state index contributed by atoms with van der Waals surface area (Å²) in [5, 5.41) is 5.87. The maximum Gasteiger partial charge on any atom is 0.243 e. The Labute approximate surface area is 199 Å². The fourth-order valence-electron chi connectivity index (χ4n) is 4.48. The third kappa shape index (κ3) is 5.18. The van der Waals surface area contributed by atoms with Crippen molar-refractivity contribution in [3.8, 4) is 10.6 Å². The highest BCUT2D eigenvalue weighted by atomic mass is 32.2. The zero-order chi connectivity index (χ0) is 23.6. The minimum Gasteiger partial charge on any atom is -0.350 e. The quantitative estimate of drug-likeness (QED) is 0.562. The molecule has 1 aliphatic heterocycles. The third-order valence-corrected chi connectivity index (χ3v) is 9.19. The Morgan fingerprint density at radius 3 is 2.36 bits per heavy atom. The highest BCUT2D eigenvalue weighted by molar-refractivity contribution is 7.89. The van der Waals surface area contributed by atoms with Crippen LogP contribution < -0.4 is 5.32 Å². The number of nitrogens with zero attached hydrogens (tertiary/aromatic N) is 2. The molecule has 0 unspecified atom stereocenters. The Kier molecular flexibility index (Phi) is 6.97. The van der Waals surface area contributed by atoms with Crippen molar-refractivity contribution in [1.29, 1.82) is 0 Å². The van der Waals surface area contributed by atoms with Crippen molar-refractivity contribution in [2.24, 2.45) is 5.92 Å². The van der Waals surface area contributed by atoms with Gasteiger partial charge >= 0.3 is 0 Å². The molecule has 0 aliphatic carbocycles. The van der Waals surface area contributed by atoms with Crippen molar-refractivity contribution < 1.29 is 13.2 Å². The second-order valence-corrected chi connectivity index (χ2v) is 11.4. The van der Waals surface area contributed by atoms with Gasteiger partial charge in [-0.1, -0.05) is 48.0 Å². The second-order valence-electron chi connectivity index (χ2n) is 8.63. The molecule has 2 heterocycles. The van der Waals surface area contributed by atoms with Gasteiger partial charge in [-0.2, -0.15) is 4.31 Å². The topological polar surface area (TPSA) is 79.4 Å². The average Bonchev–Trinajstić information content (AvgIpc) is 3.26. The van der Waals surface area contributed by atoms with E-state index in [9.17, 15) is 13.2 Å². The van der Waals surface area contributed by atoms with E-state index < -0.39 is 10.0 Å². The summed E-state index contributed by atoms with van der Waals surface area (Å²) in [4.78, 5) is 17.7. The number of carbonyl (C=O) groups is 1. The fourth-order valence-corrected chi connectivity index (χ4v) is 7.19. The summed E-state index contributed by atoms with van der Waals surface area (Å²) in [6.45, 7) is 6.73. The monoisotopic (exact) mass is 483 g/mol. The molecule has 33 heavy (non-hydrogen) atoms. The molecule has 0 radical (unpaired) electrons. The predicted molar refractivity (Wildman–Crippen MR) is 132 cm³/mol. The lowest BCUT2D eigenvalue weighted by Gasteiger charge is -2.31. The van der Waals surface area contributed by atoms with Gasteiger partial charge in [0.1, 0.15) is 5.01 Å². The van der Waals surface area contributed by atoms with E-state index in [1.54, 1.807) is 11.3 Å². The van der Waals surface area contributed by atoms with Crippen LogP contribution in [0.3, 0.4) is 0 Å². The first-order valence-electron chi connectivity index (χ1n) is 11.1. The lowest BCUT2D eigenvalue weighted by atomic mass is 9.97. The molecule has 174 valence electrons. The van der Waals surface area contributed by atoms with Gasteiger partial charge in [0, 0.05) is 30.0 Å². The Balaban J connectivity index is 1.34. The van der Waals surface area contributed by atoms with E-state index in [-0.39, 0.29) is 11.8 Å². The molecule has 1 saturated heterocycles. The molecular formula is C25H29N3O3S2. The van der Waals surface area contributed by atoms with Crippen LogP contribution in [0.1, 0.15) is 35.2 Å². The van der Waals surface area contributed by atoms with Crippen LogP contribution in [0.4, 0.5) is 0 Å². The number of nitrogens with one attached hydrogen (secondary N) is 1. The van der Waals surface area contributed by atoms with Gasteiger partial charge in [0.2, 0.25) is 15.9 Å². The molecule has 1 aliphatic rings. The summed E-state index contributed by atoms with van der Waals surface area (Å²) in [5.74, 6) is -0.229. The van der Waals surface area contributed by atoms with Crippen LogP contribution in [-0.4, -0.2) is 36.7 Å². The van der Waals surface area contributed by atoms with Gasteiger partial charge in [-0.25, -0.2) is 13.4 Å². The molecule has 8 heteroatoms. The van der Waals surface area contributed by atoms with Gasteiger partial charge in [-0.15, -0.1) is 11.3 Å². The van der Waals surface area contributed by atoms with Crippen molar-refractivity contribution in [2.45, 2.75) is 45.1 Å². The van der Waals surface area contributed by atoms with E-state index in [0.29, 0.717) is 37.4 Å². The average molecular weight is 484 g/mol. The van der Waals surface area contributed by atoms with Crippen LogP contribution >= 0.6 is 11.3 Å². The fraction of sp³-hybridized carbons (Fsp3) is 0.360. The van der Waals surface area contributed by atoms with Crippen LogP contribution in [0, 0.1) is 26.7 Å². The van der Waals surface area contributed by atoms with Crippen LogP contribution in [0.5, 0.6) is 0 Å². The molecule has 4 rings (SSSR count). The summed E-state index contributed by atoms with van der Waals surface area (Å²) in [7, 11) is -3.58. The minimum atomic E-state index is -3.58. The van der Waals surface area contributed by atoms with Gasteiger partial charge in [0.05, 0.1) is 17.1 Å². The van der Waals surface area contributed by atoms with E-state index in [2.05, 4.69) is 10.3 Å². The Bertz CT molecular complexity index is 1220. The number of rotatable bonds is 6. The molecule has 0 saturated carbocycles. The molecular weight excluding hydrogens is 454 g/mol. The summed E-state index contributed by atoms with van der Waals surface area (Å²) in [6.07, 6.45) is 1.03. The van der Waals surface area contributed by atoms with Gasteiger partial charge < -0.3 is 5.32 Å².